The normalized spacial score (nSPS) is 16.0. The van der Waals surface area contributed by atoms with Crippen molar-refractivity contribution in [2.24, 2.45) is 4.99 Å². The van der Waals surface area contributed by atoms with Crippen molar-refractivity contribution in [2.45, 2.75) is 33.0 Å². The van der Waals surface area contributed by atoms with Crippen LogP contribution in [0, 0.1) is 5.82 Å². The summed E-state index contributed by atoms with van der Waals surface area (Å²) in [4.78, 5) is 7.02. The highest BCUT2D eigenvalue weighted by molar-refractivity contribution is 14.0. The third-order valence-electron chi connectivity index (χ3n) is 4.96. The molecule has 8 nitrogen and oxygen atoms in total. The van der Waals surface area contributed by atoms with Crippen LogP contribution in [0.15, 0.2) is 35.6 Å². The van der Waals surface area contributed by atoms with Gasteiger partial charge in [-0.1, -0.05) is 12.1 Å². The van der Waals surface area contributed by atoms with Gasteiger partial charge >= 0.3 is 0 Å². The minimum Gasteiger partial charge on any atom is -0.379 e. The van der Waals surface area contributed by atoms with Crippen molar-refractivity contribution in [3.63, 3.8) is 0 Å². The van der Waals surface area contributed by atoms with E-state index in [-0.39, 0.29) is 35.8 Å². The van der Waals surface area contributed by atoms with Crippen LogP contribution in [0.3, 0.4) is 0 Å². The molecule has 0 bridgehead atoms. The molecule has 1 unspecified atom stereocenters. The zero-order chi connectivity index (χ0) is 20.5. The van der Waals surface area contributed by atoms with Gasteiger partial charge in [-0.2, -0.15) is 0 Å². The maximum Gasteiger partial charge on any atom is 0.191 e. The van der Waals surface area contributed by atoms with Crippen LogP contribution in [0.4, 0.5) is 4.39 Å². The number of hydrogen-bond acceptors (Lipinski definition) is 5. The summed E-state index contributed by atoms with van der Waals surface area (Å²) in [6.07, 6.45) is 1.72. The number of rotatable bonds is 8. The van der Waals surface area contributed by atoms with Gasteiger partial charge in [-0.25, -0.2) is 9.38 Å². The summed E-state index contributed by atoms with van der Waals surface area (Å²) in [7, 11) is 0. The van der Waals surface area contributed by atoms with Gasteiger partial charge in [0.1, 0.15) is 18.7 Å². The SMILES string of the molecule is CCNC(=NCc1nncn1CC)NCC(c1ccc(F)cc1)N1CCOCC1.I. The van der Waals surface area contributed by atoms with Crippen molar-refractivity contribution in [3.05, 3.63) is 47.8 Å². The van der Waals surface area contributed by atoms with E-state index in [1.807, 2.05) is 23.6 Å². The molecule has 1 fully saturated rings. The predicted octanol–water partition coefficient (Wildman–Crippen LogP) is 2.18. The number of nitrogens with zero attached hydrogens (tertiary/aromatic N) is 5. The second-order valence-electron chi connectivity index (χ2n) is 6.82. The fourth-order valence-electron chi connectivity index (χ4n) is 3.38. The molecule has 1 saturated heterocycles. The molecule has 1 aliphatic heterocycles. The van der Waals surface area contributed by atoms with Crippen molar-refractivity contribution in [2.75, 3.05) is 39.4 Å². The Labute approximate surface area is 194 Å². The van der Waals surface area contributed by atoms with Gasteiger partial charge in [-0.3, -0.25) is 4.90 Å². The van der Waals surface area contributed by atoms with E-state index in [2.05, 4.69) is 37.6 Å². The van der Waals surface area contributed by atoms with Gasteiger partial charge < -0.3 is 19.9 Å². The first-order valence-corrected chi connectivity index (χ1v) is 10.2. The Kier molecular flexibility index (Phi) is 10.4. The number of ether oxygens (including phenoxy) is 1. The summed E-state index contributed by atoms with van der Waals surface area (Å²) in [5, 5.41) is 14.8. The number of aromatic nitrogens is 3. The maximum atomic E-state index is 13.4. The van der Waals surface area contributed by atoms with Crippen molar-refractivity contribution in [1.29, 1.82) is 0 Å². The van der Waals surface area contributed by atoms with Crippen LogP contribution in [0.5, 0.6) is 0 Å². The lowest BCUT2D eigenvalue weighted by molar-refractivity contribution is 0.0170. The molecular weight excluding hydrogens is 500 g/mol. The first-order chi connectivity index (χ1) is 14.2. The molecule has 3 rings (SSSR count). The molecule has 0 radical (unpaired) electrons. The van der Waals surface area contributed by atoms with Crippen molar-refractivity contribution in [1.82, 2.24) is 30.3 Å². The minimum atomic E-state index is -0.225. The summed E-state index contributed by atoms with van der Waals surface area (Å²) >= 11 is 0. The van der Waals surface area contributed by atoms with Crippen LogP contribution in [0.1, 0.15) is 31.3 Å². The number of nitrogens with one attached hydrogen (secondary N) is 2. The fourth-order valence-corrected chi connectivity index (χ4v) is 3.38. The number of morpholine rings is 1. The molecule has 0 spiro atoms. The van der Waals surface area contributed by atoms with Gasteiger partial charge in [0.05, 0.1) is 19.3 Å². The number of aliphatic imine (C=N–C) groups is 1. The molecule has 0 aliphatic carbocycles. The van der Waals surface area contributed by atoms with E-state index >= 15 is 0 Å². The van der Waals surface area contributed by atoms with Crippen molar-refractivity contribution < 1.29 is 9.13 Å². The Bertz CT molecular complexity index is 778. The molecule has 1 aromatic heterocycles. The topological polar surface area (TPSA) is 79.6 Å². The lowest BCUT2D eigenvalue weighted by Gasteiger charge is -2.35. The van der Waals surface area contributed by atoms with Gasteiger partial charge in [-0.15, -0.1) is 34.2 Å². The number of halogens is 2. The Morgan fingerprint density at radius 3 is 2.60 bits per heavy atom. The van der Waals surface area contributed by atoms with E-state index in [9.17, 15) is 4.39 Å². The minimum absolute atomic E-state index is 0. The smallest absolute Gasteiger partial charge is 0.191 e. The van der Waals surface area contributed by atoms with Crippen LogP contribution in [0.2, 0.25) is 0 Å². The quantitative estimate of drug-likeness (QED) is 0.309. The van der Waals surface area contributed by atoms with Crippen LogP contribution in [0.25, 0.3) is 0 Å². The van der Waals surface area contributed by atoms with E-state index in [0.717, 1.165) is 43.5 Å². The first kappa shape index (κ1) is 24.5. The highest BCUT2D eigenvalue weighted by atomic mass is 127. The molecule has 30 heavy (non-hydrogen) atoms. The lowest BCUT2D eigenvalue weighted by Crippen LogP contribution is -2.46. The third-order valence-corrected chi connectivity index (χ3v) is 4.96. The molecule has 166 valence electrons. The zero-order valence-corrected chi connectivity index (χ0v) is 19.9. The fraction of sp³-hybridized carbons (Fsp3) is 0.550. The Morgan fingerprint density at radius 2 is 1.93 bits per heavy atom. The number of guanidine groups is 1. The van der Waals surface area contributed by atoms with Gasteiger partial charge in [0.15, 0.2) is 11.8 Å². The number of aryl methyl sites for hydroxylation is 1. The van der Waals surface area contributed by atoms with Crippen LogP contribution >= 0.6 is 24.0 Å². The van der Waals surface area contributed by atoms with E-state index in [0.29, 0.717) is 26.3 Å². The zero-order valence-electron chi connectivity index (χ0n) is 17.6. The highest BCUT2D eigenvalue weighted by Gasteiger charge is 2.23. The molecular formula is C20H31FIN7O. The molecule has 1 atom stereocenters. The van der Waals surface area contributed by atoms with Crippen LogP contribution in [-0.4, -0.2) is 65.0 Å². The average Bonchev–Trinajstić information content (AvgIpc) is 3.21. The highest BCUT2D eigenvalue weighted by Crippen LogP contribution is 2.21. The summed E-state index contributed by atoms with van der Waals surface area (Å²) in [6.45, 7) is 9.85. The molecule has 0 saturated carbocycles. The van der Waals surface area contributed by atoms with Gasteiger partial charge in [0.25, 0.3) is 0 Å². The molecule has 1 aliphatic rings. The Hall–Kier alpha value is -1.79. The second-order valence-corrected chi connectivity index (χ2v) is 6.82. The lowest BCUT2D eigenvalue weighted by atomic mass is 10.0. The Balaban J connectivity index is 0.00000320. The van der Waals surface area contributed by atoms with Crippen LogP contribution < -0.4 is 10.6 Å². The van der Waals surface area contributed by atoms with Gasteiger partial charge in [0.2, 0.25) is 0 Å². The summed E-state index contributed by atoms with van der Waals surface area (Å²) in [5.41, 5.74) is 1.07. The molecule has 2 aromatic rings. The van der Waals surface area contributed by atoms with Crippen molar-refractivity contribution in [3.8, 4) is 0 Å². The van der Waals surface area contributed by atoms with Crippen molar-refractivity contribution >= 4 is 29.9 Å². The van der Waals surface area contributed by atoms with Crippen LogP contribution in [-0.2, 0) is 17.8 Å². The van der Waals surface area contributed by atoms with E-state index < -0.39 is 0 Å². The van der Waals surface area contributed by atoms with E-state index in [4.69, 9.17) is 4.74 Å². The molecule has 1 aromatic carbocycles. The molecule has 10 heteroatoms. The number of hydrogen-bond donors (Lipinski definition) is 2. The average molecular weight is 531 g/mol. The van der Waals surface area contributed by atoms with Gasteiger partial charge in [0, 0.05) is 32.7 Å². The summed E-state index contributed by atoms with van der Waals surface area (Å²) in [5.74, 6) is 1.32. The predicted molar refractivity (Wildman–Crippen MR) is 125 cm³/mol. The van der Waals surface area contributed by atoms with E-state index in [1.165, 1.54) is 12.1 Å². The standard InChI is InChI=1S/C20H30FN7O.HI/c1-3-22-20(24-14-19-26-25-15-27(19)4-2)23-13-18(28-9-11-29-12-10-28)16-5-7-17(21)8-6-16;/h5-8,15,18H,3-4,9-14H2,1-2H3,(H2,22,23,24);1H. The van der Waals surface area contributed by atoms with E-state index in [1.54, 1.807) is 6.33 Å². The largest absolute Gasteiger partial charge is 0.379 e. The van der Waals surface area contributed by atoms with Gasteiger partial charge in [-0.05, 0) is 31.5 Å². The second kappa shape index (κ2) is 12.8. The maximum absolute atomic E-state index is 13.4. The molecule has 2 N–H and O–H groups in total. The summed E-state index contributed by atoms with van der Waals surface area (Å²) in [6, 6.07) is 6.83. The molecule has 2 heterocycles. The first-order valence-electron chi connectivity index (χ1n) is 10.2. The summed E-state index contributed by atoms with van der Waals surface area (Å²) < 4.78 is 20.9. The third kappa shape index (κ3) is 6.88. The Morgan fingerprint density at radius 1 is 1.20 bits per heavy atom. The molecule has 0 amide bonds. The number of benzene rings is 1. The monoisotopic (exact) mass is 531 g/mol.